The van der Waals surface area contributed by atoms with Crippen molar-refractivity contribution in [3.8, 4) is 0 Å². The Labute approximate surface area is 178 Å². The van der Waals surface area contributed by atoms with Gasteiger partial charge in [0.15, 0.2) is 5.96 Å². The zero-order valence-electron chi connectivity index (χ0n) is 16.0. The van der Waals surface area contributed by atoms with Crippen LogP contribution in [0.2, 0.25) is 0 Å². The number of rotatable bonds is 6. The van der Waals surface area contributed by atoms with Gasteiger partial charge in [-0.1, -0.05) is 12.1 Å². The van der Waals surface area contributed by atoms with Crippen LogP contribution < -0.4 is 15.5 Å². The second kappa shape index (κ2) is 11.3. The highest BCUT2D eigenvalue weighted by molar-refractivity contribution is 14.0. The minimum atomic E-state index is 0. The van der Waals surface area contributed by atoms with E-state index in [1.165, 1.54) is 21.6 Å². The highest BCUT2D eigenvalue weighted by Crippen LogP contribution is 2.21. The summed E-state index contributed by atoms with van der Waals surface area (Å²) >= 11 is 1.77. The average Bonchev–Trinajstić information content (AvgIpc) is 2.62. The quantitative estimate of drug-likeness (QED) is 0.283. The van der Waals surface area contributed by atoms with Gasteiger partial charge in [0.25, 0.3) is 0 Å². The number of nitrogens with one attached hydrogen (secondary N) is 2. The first kappa shape index (κ1) is 22.6. The number of thioether (sulfide) groups is 1. The van der Waals surface area contributed by atoms with E-state index in [9.17, 15) is 0 Å². The van der Waals surface area contributed by atoms with Crippen LogP contribution >= 0.6 is 35.7 Å². The van der Waals surface area contributed by atoms with E-state index in [0.717, 1.165) is 18.3 Å². The molecule has 2 aromatic rings. The summed E-state index contributed by atoms with van der Waals surface area (Å²) in [7, 11) is 5.77. The summed E-state index contributed by atoms with van der Waals surface area (Å²) in [6, 6.07) is 10.6. The first-order valence-corrected chi connectivity index (χ1v) is 9.46. The highest BCUT2D eigenvalue weighted by Gasteiger charge is 2.05. The fourth-order valence-corrected chi connectivity index (χ4v) is 3.10. The Morgan fingerprint density at radius 1 is 1.15 bits per heavy atom. The highest BCUT2D eigenvalue weighted by atomic mass is 127. The van der Waals surface area contributed by atoms with Crippen molar-refractivity contribution in [3.05, 3.63) is 53.2 Å². The summed E-state index contributed by atoms with van der Waals surface area (Å²) < 4.78 is 0. The molecule has 0 saturated heterocycles. The zero-order valence-corrected chi connectivity index (χ0v) is 19.2. The normalized spacial score (nSPS) is 10.9. The number of halogens is 1. The lowest BCUT2D eigenvalue weighted by Gasteiger charge is -2.15. The van der Waals surface area contributed by atoms with Crippen molar-refractivity contribution in [3.63, 3.8) is 0 Å². The van der Waals surface area contributed by atoms with Gasteiger partial charge in [0.1, 0.15) is 5.82 Å². The Balaban J connectivity index is 0.00000338. The van der Waals surface area contributed by atoms with Crippen LogP contribution in [-0.2, 0) is 13.1 Å². The molecule has 0 radical (unpaired) electrons. The predicted molar refractivity (Wildman–Crippen MR) is 124 cm³/mol. The Kier molecular flexibility index (Phi) is 9.79. The molecule has 0 unspecified atom stereocenters. The standard InChI is InChI=1S/C19H27N5S.HI/c1-14-6-7-16(17(10-14)25-5)13-23-19(20-2)22-12-15-8-9-21-18(11-15)24(3)4;/h6-11H,12-13H2,1-5H3,(H2,20,22,23);1H. The van der Waals surface area contributed by atoms with Crippen LogP contribution in [-0.4, -0.2) is 38.3 Å². The number of hydrogen-bond acceptors (Lipinski definition) is 4. The molecule has 2 rings (SSSR count). The van der Waals surface area contributed by atoms with Crippen LogP contribution in [0.15, 0.2) is 46.4 Å². The molecule has 5 nitrogen and oxygen atoms in total. The maximum Gasteiger partial charge on any atom is 0.191 e. The largest absolute Gasteiger partial charge is 0.363 e. The van der Waals surface area contributed by atoms with E-state index in [0.29, 0.717) is 6.54 Å². The van der Waals surface area contributed by atoms with Gasteiger partial charge in [-0.3, -0.25) is 4.99 Å². The Bertz CT molecular complexity index is 734. The molecule has 1 aromatic heterocycles. The van der Waals surface area contributed by atoms with Crippen LogP contribution in [0, 0.1) is 6.92 Å². The van der Waals surface area contributed by atoms with Crippen LogP contribution in [0.1, 0.15) is 16.7 Å². The first-order valence-electron chi connectivity index (χ1n) is 8.23. The van der Waals surface area contributed by atoms with Crippen LogP contribution in [0.5, 0.6) is 0 Å². The van der Waals surface area contributed by atoms with Crippen LogP contribution in [0.3, 0.4) is 0 Å². The summed E-state index contributed by atoms with van der Waals surface area (Å²) in [4.78, 5) is 11.9. The lowest BCUT2D eigenvalue weighted by molar-refractivity contribution is 0.800. The molecule has 0 fully saturated rings. The summed E-state index contributed by atoms with van der Waals surface area (Å²) in [5.41, 5.74) is 3.73. The number of anilines is 1. The number of hydrogen-bond donors (Lipinski definition) is 2. The molecule has 0 amide bonds. The van der Waals surface area contributed by atoms with Crippen molar-refractivity contribution in [1.82, 2.24) is 15.6 Å². The molecule has 1 heterocycles. The van der Waals surface area contributed by atoms with Gasteiger partial charge in [-0.2, -0.15) is 0 Å². The topological polar surface area (TPSA) is 52.6 Å². The number of nitrogens with zero attached hydrogens (tertiary/aromatic N) is 3. The van der Waals surface area contributed by atoms with Gasteiger partial charge in [0, 0.05) is 45.3 Å². The molecule has 2 N–H and O–H groups in total. The molecule has 7 heteroatoms. The zero-order chi connectivity index (χ0) is 18.2. The Morgan fingerprint density at radius 2 is 1.88 bits per heavy atom. The maximum atomic E-state index is 4.34. The third kappa shape index (κ3) is 6.68. The lowest BCUT2D eigenvalue weighted by atomic mass is 10.1. The van der Waals surface area contributed by atoms with Gasteiger partial charge in [-0.05, 0) is 48.1 Å². The predicted octanol–water partition coefficient (Wildman–Crippen LogP) is 3.66. The van der Waals surface area contributed by atoms with Crippen molar-refractivity contribution in [2.24, 2.45) is 4.99 Å². The number of pyridine rings is 1. The molecular formula is C19H28IN5S. The number of guanidine groups is 1. The molecule has 26 heavy (non-hydrogen) atoms. The maximum absolute atomic E-state index is 4.34. The van der Waals surface area contributed by atoms with E-state index in [4.69, 9.17) is 0 Å². The van der Waals surface area contributed by atoms with E-state index in [1.807, 2.05) is 31.3 Å². The van der Waals surface area contributed by atoms with E-state index >= 15 is 0 Å². The molecule has 142 valence electrons. The summed E-state index contributed by atoms with van der Waals surface area (Å²) in [5, 5.41) is 6.74. The van der Waals surface area contributed by atoms with Gasteiger partial charge in [0.05, 0.1) is 0 Å². The van der Waals surface area contributed by atoms with Gasteiger partial charge in [-0.25, -0.2) is 4.98 Å². The molecule has 0 aliphatic heterocycles. The van der Waals surface area contributed by atoms with Crippen molar-refractivity contribution in [2.45, 2.75) is 24.9 Å². The molecule has 0 bridgehead atoms. The molecular weight excluding hydrogens is 457 g/mol. The van der Waals surface area contributed by atoms with Crippen LogP contribution in [0.4, 0.5) is 5.82 Å². The number of aromatic nitrogens is 1. The van der Waals surface area contributed by atoms with Gasteiger partial charge >= 0.3 is 0 Å². The molecule has 0 aliphatic rings. The van der Waals surface area contributed by atoms with E-state index < -0.39 is 0 Å². The second-order valence-electron chi connectivity index (χ2n) is 6.01. The lowest BCUT2D eigenvalue weighted by Crippen LogP contribution is -2.36. The Morgan fingerprint density at radius 3 is 2.54 bits per heavy atom. The fourth-order valence-electron chi connectivity index (χ4n) is 2.40. The van der Waals surface area contributed by atoms with Crippen molar-refractivity contribution < 1.29 is 0 Å². The molecule has 0 atom stereocenters. The average molecular weight is 485 g/mol. The van der Waals surface area contributed by atoms with Crippen LogP contribution in [0.25, 0.3) is 0 Å². The molecule has 0 saturated carbocycles. The fraction of sp³-hybridized carbons (Fsp3) is 0.368. The second-order valence-corrected chi connectivity index (χ2v) is 6.86. The first-order chi connectivity index (χ1) is 12.0. The van der Waals surface area contributed by atoms with Gasteiger partial charge in [-0.15, -0.1) is 35.7 Å². The number of aryl methyl sites for hydroxylation is 1. The molecule has 1 aromatic carbocycles. The summed E-state index contributed by atoms with van der Waals surface area (Å²) in [6.07, 6.45) is 3.94. The van der Waals surface area contributed by atoms with Gasteiger partial charge in [0.2, 0.25) is 0 Å². The number of aliphatic imine (C=N–C) groups is 1. The minimum Gasteiger partial charge on any atom is -0.363 e. The van der Waals surface area contributed by atoms with Crippen molar-refractivity contribution in [1.29, 1.82) is 0 Å². The van der Waals surface area contributed by atoms with E-state index in [-0.39, 0.29) is 24.0 Å². The monoisotopic (exact) mass is 485 g/mol. The smallest absolute Gasteiger partial charge is 0.191 e. The van der Waals surface area contributed by atoms with Crippen molar-refractivity contribution in [2.75, 3.05) is 32.3 Å². The van der Waals surface area contributed by atoms with Crippen molar-refractivity contribution >= 4 is 47.5 Å². The third-order valence-electron chi connectivity index (χ3n) is 3.84. The molecule has 0 spiro atoms. The Hall–Kier alpha value is -1.48. The molecule has 0 aliphatic carbocycles. The summed E-state index contributed by atoms with van der Waals surface area (Å²) in [6.45, 7) is 3.57. The minimum absolute atomic E-state index is 0. The number of benzene rings is 1. The third-order valence-corrected chi connectivity index (χ3v) is 4.66. The SMILES string of the molecule is CN=C(NCc1ccnc(N(C)C)c1)NCc1ccc(C)cc1SC.I. The van der Waals surface area contributed by atoms with E-state index in [1.54, 1.807) is 18.8 Å². The summed E-state index contributed by atoms with van der Waals surface area (Å²) in [5.74, 6) is 1.74. The van der Waals surface area contributed by atoms with E-state index in [2.05, 4.69) is 58.1 Å². The van der Waals surface area contributed by atoms with Gasteiger partial charge < -0.3 is 15.5 Å².